The van der Waals surface area contributed by atoms with Gasteiger partial charge >= 0.3 is 0 Å². The molecule has 0 aliphatic heterocycles. The van der Waals surface area contributed by atoms with E-state index in [1.807, 2.05) is 12.1 Å². The Balaban J connectivity index is 1.74. The zero-order valence-corrected chi connectivity index (χ0v) is 13.1. The lowest BCUT2D eigenvalue weighted by atomic mass is 10.2. The summed E-state index contributed by atoms with van der Waals surface area (Å²) in [5, 5.41) is 9.50. The van der Waals surface area contributed by atoms with E-state index < -0.39 is 0 Å². The van der Waals surface area contributed by atoms with E-state index in [1.54, 1.807) is 24.5 Å². The molecule has 0 saturated carbocycles. The molecule has 7 heteroatoms. The van der Waals surface area contributed by atoms with E-state index in [2.05, 4.69) is 15.2 Å². The quantitative estimate of drug-likeness (QED) is 0.648. The maximum Gasteiger partial charge on any atom is 0.174 e. The Labute approximate surface area is 134 Å². The summed E-state index contributed by atoms with van der Waals surface area (Å²) < 4.78 is 14.5. The monoisotopic (exact) mass is 337 g/mol. The molecular weight excluding hydrogens is 329 g/mol. The Morgan fingerprint density at radius 2 is 1.95 bits per heavy atom. The molecule has 21 heavy (non-hydrogen) atoms. The van der Waals surface area contributed by atoms with Gasteiger partial charge in [-0.25, -0.2) is 4.39 Å². The van der Waals surface area contributed by atoms with Crippen molar-refractivity contribution in [2.45, 2.75) is 10.1 Å². The predicted molar refractivity (Wildman–Crippen MR) is 84.1 cm³/mol. The SMILES string of the molecule is Fc1cccc(Cl)c1CSc1nnc(-c2ccncc2)s1. The van der Waals surface area contributed by atoms with E-state index in [-0.39, 0.29) is 5.82 Å². The molecule has 0 aliphatic carbocycles. The third kappa shape index (κ3) is 3.40. The normalized spacial score (nSPS) is 10.8. The lowest BCUT2D eigenvalue weighted by molar-refractivity contribution is 0.617. The van der Waals surface area contributed by atoms with Crippen LogP contribution in [-0.2, 0) is 5.75 Å². The van der Waals surface area contributed by atoms with Gasteiger partial charge < -0.3 is 0 Å². The average molecular weight is 338 g/mol. The minimum Gasteiger partial charge on any atom is -0.265 e. The second kappa shape index (κ2) is 6.51. The second-order valence-corrected chi connectivity index (χ2v) is 6.71. The summed E-state index contributed by atoms with van der Waals surface area (Å²) >= 11 is 8.89. The highest BCUT2D eigenvalue weighted by molar-refractivity contribution is 8.00. The zero-order valence-electron chi connectivity index (χ0n) is 10.7. The average Bonchev–Trinajstić information content (AvgIpc) is 2.97. The molecule has 2 aromatic heterocycles. The fraction of sp³-hybridized carbons (Fsp3) is 0.0714. The van der Waals surface area contributed by atoms with Crippen LogP contribution in [0.2, 0.25) is 5.02 Å². The smallest absolute Gasteiger partial charge is 0.174 e. The van der Waals surface area contributed by atoms with Crippen LogP contribution in [0.3, 0.4) is 0 Å². The van der Waals surface area contributed by atoms with Gasteiger partial charge in [-0.2, -0.15) is 0 Å². The maximum absolute atomic E-state index is 13.7. The summed E-state index contributed by atoms with van der Waals surface area (Å²) in [6.45, 7) is 0. The third-order valence-corrected chi connectivity index (χ3v) is 5.22. The van der Waals surface area contributed by atoms with E-state index in [0.29, 0.717) is 16.3 Å². The van der Waals surface area contributed by atoms with Gasteiger partial charge in [-0.1, -0.05) is 40.8 Å². The van der Waals surface area contributed by atoms with Gasteiger partial charge in [0.1, 0.15) is 10.8 Å². The van der Waals surface area contributed by atoms with Crippen molar-refractivity contribution in [3.8, 4) is 10.6 Å². The first-order valence-corrected chi connectivity index (χ1v) is 8.21. The van der Waals surface area contributed by atoms with Crippen LogP contribution in [0.25, 0.3) is 10.6 Å². The first-order chi connectivity index (χ1) is 10.2. The molecule has 1 aromatic carbocycles. The van der Waals surface area contributed by atoms with Crippen LogP contribution < -0.4 is 0 Å². The van der Waals surface area contributed by atoms with Gasteiger partial charge in [0, 0.05) is 34.3 Å². The Kier molecular flexibility index (Phi) is 4.48. The van der Waals surface area contributed by atoms with Gasteiger partial charge in [0.05, 0.1) is 0 Å². The Hall–Kier alpha value is -1.50. The lowest BCUT2D eigenvalue weighted by Crippen LogP contribution is -1.88. The molecule has 106 valence electrons. The van der Waals surface area contributed by atoms with Crippen molar-refractivity contribution < 1.29 is 4.39 Å². The van der Waals surface area contributed by atoms with Crippen molar-refractivity contribution in [1.29, 1.82) is 0 Å². The number of thioether (sulfide) groups is 1. The molecule has 0 unspecified atom stereocenters. The van der Waals surface area contributed by atoms with Gasteiger partial charge in [-0.15, -0.1) is 10.2 Å². The van der Waals surface area contributed by atoms with Crippen LogP contribution in [0.1, 0.15) is 5.56 Å². The van der Waals surface area contributed by atoms with Gasteiger partial charge in [0.15, 0.2) is 4.34 Å². The number of aromatic nitrogens is 3. The number of rotatable bonds is 4. The van der Waals surface area contributed by atoms with Crippen molar-refractivity contribution in [3.05, 3.63) is 59.1 Å². The van der Waals surface area contributed by atoms with Crippen LogP contribution in [0, 0.1) is 5.82 Å². The molecule has 0 bridgehead atoms. The molecule has 0 N–H and O–H groups in total. The summed E-state index contributed by atoms with van der Waals surface area (Å²) in [6.07, 6.45) is 3.42. The van der Waals surface area contributed by atoms with Crippen molar-refractivity contribution >= 4 is 34.7 Å². The van der Waals surface area contributed by atoms with Gasteiger partial charge in [0.2, 0.25) is 0 Å². The molecule has 2 heterocycles. The topological polar surface area (TPSA) is 38.7 Å². The molecule has 3 rings (SSSR count). The molecular formula is C14H9ClFN3S2. The largest absolute Gasteiger partial charge is 0.265 e. The Morgan fingerprint density at radius 3 is 2.71 bits per heavy atom. The molecule has 0 atom stereocenters. The zero-order chi connectivity index (χ0) is 14.7. The van der Waals surface area contributed by atoms with E-state index >= 15 is 0 Å². The van der Waals surface area contributed by atoms with Gasteiger partial charge in [-0.3, -0.25) is 4.98 Å². The Morgan fingerprint density at radius 1 is 1.14 bits per heavy atom. The molecule has 0 radical (unpaired) electrons. The molecule has 3 nitrogen and oxygen atoms in total. The van der Waals surface area contributed by atoms with E-state index in [1.165, 1.54) is 29.2 Å². The van der Waals surface area contributed by atoms with Crippen molar-refractivity contribution in [1.82, 2.24) is 15.2 Å². The van der Waals surface area contributed by atoms with Gasteiger partial charge in [-0.05, 0) is 24.3 Å². The highest BCUT2D eigenvalue weighted by atomic mass is 35.5. The number of pyridine rings is 1. The number of benzene rings is 1. The molecule has 0 amide bonds. The number of hydrogen-bond donors (Lipinski definition) is 0. The first-order valence-electron chi connectivity index (χ1n) is 6.03. The summed E-state index contributed by atoms with van der Waals surface area (Å²) in [5.74, 6) is 0.130. The van der Waals surface area contributed by atoms with Crippen LogP contribution in [0.15, 0.2) is 47.1 Å². The summed E-state index contributed by atoms with van der Waals surface area (Å²) in [4.78, 5) is 3.97. The van der Waals surface area contributed by atoms with Crippen LogP contribution >= 0.6 is 34.7 Å². The van der Waals surface area contributed by atoms with Crippen molar-refractivity contribution in [2.75, 3.05) is 0 Å². The third-order valence-electron chi connectivity index (χ3n) is 2.74. The Bertz CT molecular complexity index is 729. The van der Waals surface area contributed by atoms with E-state index in [4.69, 9.17) is 11.6 Å². The van der Waals surface area contributed by atoms with Crippen molar-refractivity contribution in [3.63, 3.8) is 0 Å². The number of halogens is 2. The van der Waals surface area contributed by atoms with E-state index in [9.17, 15) is 4.39 Å². The minimum absolute atomic E-state index is 0.297. The molecule has 0 spiro atoms. The fourth-order valence-corrected chi connectivity index (χ4v) is 3.88. The summed E-state index contributed by atoms with van der Waals surface area (Å²) in [6, 6.07) is 8.44. The summed E-state index contributed by atoms with van der Waals surface area (Å²) in [5.41, 5.74) is 1.46. The standard InChI is InChI=1S/C14H9ClFN3S2/c15-11-2-1-3-12(16)10(11)8-20-14-19-18-13(21-14)9-4-6-17-7-5-9/h1-7H,8H2. The number of nitrogens with zero attached hydrogens (tertiary/aromatic N) is 3. The maximum atomic E-state index is 13.7. The summed E-state index contributed by atoms with van der Waals surface area (Å²) in [7, 11) is 0. The van der Waals surface area contributed by atoms with Crippen LogP contribution in [0.5, 0.6) is 0 Å². The molecule has 0 fully saturated rings. The minimum atomic E-state index is -0.297. The van der Waals surface area contributed by atoms with E-state index in [0.717, 1.165) is 14.9 Å². The first kappa shape index (κ1) is 14.4. The highest BCUT2D eigenvalue weighted by Gasteiger charge is 2.11. The molecule has 3 aromatic rings. The van der Waals surface area contributed by atoms with Gasteiger partial charge in [0.25, 0.3) is 0 Å². The predicted octanol–water partition coefficient (Wildman–Crippen LogP) is 4.68. The van der Waals surface area contributed by atoms with Crippen LogP contribution in [0.4, 0.5) is 4.39 Å². The van der Waals surface area contributed by atoms with Crippen LogP contribution in [-0.4, -0.2) is 15.2 Å². The fourth-order valence-electron chi connectivity index (χ4n) is 1.68. The number of hydrogen-bond acceptors (Lipinski definition) is 5. The van der Waals surface area contributed by atoms with Crippen molar-refractivity contribution in [2.24, 2.45) is 0 Å². The lowest BCUT2D eigenvalue weighted by Gasteiger charge is -2.03. The highest BCUT2D eigenvalue weighted by Crippen LogP contribution is 2.33. The second-order valence-electron chi connectivity index (χ2n) is 4.10. The molecule has 0 saturated heterocycles. The molecule has 0 aliphatic rings.